The van der Waals surface area contributed by atoms with Gasteiger partial charge in [0.25, 0.3) is 5.69 Å². The van der Waals surface area contributed by atoms with Gasteiger partial charge >= 0.3 is 0 Å². The molecule has 2 aromatic rings. The van der Waals surface area contributed by atoms with E-state index in [0.717, 1.165) is 43.0 Å². The molecule has 3 fully saturated rings. The summed E-state index contributed by atoms with van der Waals surface area (Å²) in [5, 5.41) is 34.4. The summed E-state index contributed by atoms with van der Waals surface area (Å²) < 4.78 is 6.58. The van der Waals surface area contributed by atoms with Crippen LogP contribution < -0.4 is 4.74 Å². The van der Waals surface area contributed by atoms with Crippen molar-refractivity contribution in [2.75, 3.05) is 20.1 Å². The number of non-ortho nitro benzene ring substituents is 1. The summed E-state index contributed by atoms with van der Waals surface area (Å²) in [4.78, 5) is 28.2. The van der Waals surface area contributed by atoms with Gasteiger partial charge in [-0.3, -0.25) is 19.8 Å². The molecule has 5 atom stereocenters. The molecule has 38 heavy (non-hydrogen) atoms. The van der Waals surface area contributed by atoms with Crippen LogP contribution in [-0.2, 0) is 23.1 Å². The summed E-state index contributed by atoms with van der Waals surface area (Å²) in [6.45, 7) is 1.89. The lowest BCUT2D eigenvalue weighted by Crippen LogP contribution is -2.78. The smallest absolute Gasteiger partial charge is 0.269 e. The number of likely N-dealkylation sites (tertiary alicyclic amines) is 1. The first-order valence-corrected chi connectivity index (χ1v) is 13.7. The van der Waals surface area contributed by atoms with Gasteiger partial charge in [0, 0.05) is 37.3 Å². The normalized spacial score (nSPS) is 32.8. The Bertz CT molecular complexity index is 1330. The number of hydrogen-bond acceptors (Lipinski definition) is 7. The van der Waals surface area contributed by atoms with Crippen LogP contribution in [0.4, 0.5) is 5.69 Å². The number of carbonyl (C=O) groups is 1. The minimum Gasteiger partial charge on any atom is -0.504 e. The number of piperidine rings is 1. The third-order valence-electron chi connectivity index (χ3n) is 10.1. The lowest BCUT2D eigenvalue weighted by Gasteiger charge is -2.64. The number of nitro groups is 1. The second kappa shape index (κ2) is 8.16. The molecule has 2 aromatic carbocycles. The maximum Gasteiger partial charge on any atom is 0.269 e. The highest BCUT2D eigenvalue weighted by molar-refractivity contribution is 5.79. The Hall–Kier alpha value is -3.17. The topological polar surface area (TPSA) is 116 Å². The molecule has 5 aliphatic rings. The van der Waals surface area contributed by atoms with E-state index in [1.165, 1.54) is 25.0 Å². The molecule has 3 unspecified atom stereocenters. The summed E-state index contributed by atoms with van der Waals surface area (Å²) in [7, 11) is 1.79. The highest BCUT2D eigenvalue weighted by Gasteiger charge is 2.73. The number of amides is 1. The molecule has 2 aliphatic heterocycles. The number of nitrogens with zero attached hydrogens (tertiary/aromatic N) is 3. The van der Waals surface area contributed by atoms with Crippen molar-refractivity contribution >= 4 is 11.6 Å². The fraction of sp³-hybridized carbons (Fsp3) is 0.552. The Kier molecular flexibility index (Phi) is 5.14. The number of likely N-dealkylation sites (N-methyl/N-ethyl adjacent to an activating group) is 1. The Morgan fingerprint density at radius 1 is 1.18 bits per heavy atom. The maximum atomic E-state index is 13.5. The third kappa shape index (κ3) is 3.21. The van der Waals surface area contributed by atoms with E-state index in [4.69, 9.17) is 4.74 Å². The summed E-state index contributed by atoms with van der Waals surface area (Å²) in [5.41, 5.74) is 1.12. The molecule has 2 heterocycles. The van der Waals surface area contributed by atoms with Crippen molar-refractivity contribution in [2.45, 2.75) is 74.1 Å². The summed E-state index contributed by atoms with van der Waals surface area (Å²) in [6, 6.07) is 9.49. The fourth-order valence-corrected chi connectivity index (χ4v) is 8.07. The van der Waals surface area contributed by atoms with Crippen LogP contribution in [-0.4, -0.2) is 74.8 Å². The van der Waals surface area contributed by atoms with Crippen molar-refractivity contribution < 1.29 is 24.7 Å². The lowest BCUT2D eigenvalue weighted by molar-refractivity contribution is -0.384. The van der Waals surface area contributed by atoms with Crippen molar-refractivity contribution in [1.82, 2.24) is 9.80 Å². The molecule has 9 heteroatoms. The number of ether oxygens (including phenoxy) is 1. The van der Waals surface area contributed by atoms with Crippen molar-refractivity contribution in [3.63, 3.8) is 0 Å². The van der Waals surface area contributed by atoms with Gasteiger partial charge in [0.1, 0.15) is 6.10 Å². The Morgan fingerprint density at radius 3 is 2.66 bits per heavy atom. The van der Waals surface area contributed by atoms with E-state index in [2.05, 4.69) is 4.90 Å². The van der Waals surface area contributed by atoms with Gasteiger partial charge in [-0.05, 0) is 68.2 Å². The number of aromatic hydroxyl groups is 1. The first-order valence-electron chi connectivity index (χ1n) is 13.7. The molecule has 1 saturated heterocycles. The van der Waals surface area contributed by atoms with Crippen LogP contribution >= 0.6 is 0 Å². The number of carbonyl (C=O) groups excluding carboxylic acids is 1. The molecule has 1 spiro atoms. The SMILES string of the molecule is CN(C(=O)Cc1ccc([N+](=O)[O-])cc1)C1CCC2(O)[C@@H]3Cc4ccc(O)c5c4[C@@]2(CCN3CC2CC2)C1O5. The number of aliphatic hydroxyl groups is 1. The van der Waals surface area contributed by atoms with E-state index in [-0.39, 0.29) is 35.8 Å². The molecular formula is C29H33N3O6. The average molecular weight is 520 g/mol. The van der Waals surface area contributed by atoms with Gasteiger partial charge in [0.15, 0.2) is 11.5 Å². The second-order valence-electron chi connectivity index (χ2n) is 12.0. The van der Waals surface area contributed by atoms with Gasteiger partial charge in [-0.15, -0.1) is 0 Å². The average Bonchev–Trinajstić information content (AvgIpc) is 3.64. The number of phenols is 1. The monoisotopic (exact) mass is 519 g/mol. The van der Waals surface area contributed by atoms with Crippen LogP contribution in [0.15, 0.2) is 36.4 Å². The maximum absolute atomic E-state index is 13.5. The molecule has 3 aliphatic carbocycles. The highest BCUT2D eigenvalue weighted by Crippen LogP contribution is 2.66. The number of nitro benzene ring substituents is 1. The van der Waals surface area contributed by atoms with E-state index in [1.807, 2.05) is 6.07 Å². The van der Waals surface area contributed by atoms with Gasteiger partial charge < -0.3 is 19.8 Å². The molecule has 0 radical (unpaired) electrons. The van der Waals surface area contributed by atoms with Gasteiger partial charge in [-0.2, -0.15) is 0 Å². The van der Waals surface area contributed by atoms with E-state index >= 15 is 0 Å². The molecule has 0 aromatic heterocycles. The molecule has 200 valence electrons. The van der Waals surface area contributed by atoms with E-state index in [1.54, 1.807) is 30.1 Å². The molecule has 2 bridgehead atoms. The zero-order valence-electron chi connectivity index (χ0n) is 21.5. The van der Waals surface area contributed by atoms with Gasteiger partial charge in [-0.1, -0.05) is 18.2 Å². The zero-order chi connectivity index (χ0) is 26.4. The summed E-state index contributed by atoms with van der Waals surface area (Å²) >= 11 is 0. The molecular weight excluding hydrogens is 486 g/mol. The van der Waals surface area contributed by atoms with Gasteiger partial charge in [-0.25, -0.2) is 0 Å². The number of benzene rings is 2. The van der Waals surface area contributed by atoms with Crippen LogP contribution in [0.1, 0.15) is 48.8 Å². The predicted octanol–water partition coefficient (Wildman–Crippen LogP) is 2.93. The Labute approximate surface area is 221 Å². The highest BCUT2D eigenvalue weighted by atomic mass is 16.6. The van der Waals surface area contributed by atoms with Crippen LogP contribution in [0.5, 0.6) is 11.5 Å². The van der Waals surface area contributed by atoms with Crippen molar-refractivity contribution in [3.05, 3.63) is 63.2 Å². The van der Waals surface area contributed by atoms with E-state index in [9.17, 15) is 25.1 Å². The Balaban J connectivity index is 1.22. The molecule has 9 nitrogen and oxygen atoms in total. The van der Waals surface area contributed by atoms with Gasteiger partial charge in [0.2, 0.25) is 5.91 Å². The summed E-state index contributed by atoms with van der Waals surface area (Å²) in [6.07, 6.45) is 4.81. The number of hydrogen-bond donors (Lipinski definition) is 2. The predicted molar refractivity (Wildman–Crippen MR) is 138 cm³/mol. The van der Waals surface area contributed by atoms with E-state index < -0.39 is 22.0 Å². The van der Waals surface area contributed by atoms with Crippen molar-refractivity contribution in [1.29, 1.82) is 0 Å². The van der Waals surface area contributed by atoms with Crippen LogP contribution in [0.3, 0.4) is 0 Å². The second-order valence-corrected chi connectivity index (χ2v) is 12.0. The molecule has 1 amide bonds. The largest absolute Gasteiger partial charge is 0.504 e. The zero-order valence-corrected chi connectivity index (χ0v) is 21.5. The fourth-order valence-electron chi connectivity index (χ4n) is 8.07. The van der Waals surface area contributed by atoms with Crippen LogP contribution in [0.25, 0.3) is 0 Å². The first kappa shape index (κ1) is 23.9. The van der Waals surface area contributed by atoms with Crippen molar-refractivity contribution in [2.24, 2.45) is 5.92 Å². The van der Waals surface area contributed by atoms with Crippen LogP contribution in [0, 0.1) is 16.0 Å². The standard InChI is InChI=1S/C29H33N3O6/c1-30(24(34)14-17-4-7-20(8-5-17)32(36)37)21-10-11-29(35)23-15-19-6-9-22(33)26-25(19)28(29,27(21)38-26)12-13-31(23)16-18-2-3-18/h4-9,18,21,23,27,33,35H,2-3,10-16H2,1H3/t21?,23-,27?,28-,29?/m0/s1. The molecule has 7 rings (SSSR count). The molecule has 2 N–H and O–H groups in total. The van der Waals surface area contributed by atoms with Crippen molar-refractivity contribution in [3.8, 4) is 11.5 Å². The lowest BCUT2D eigenvalue weighted by atomic mass is 9.48. The minimum atomic E-state index is -0.990. The number of phenolic OH excluding ortho intramolecular Hbond substituents is 1. The van der Waals surface area contributed by atoms with E-state index in [0.29, 0.717) is 24.2 Å². The minimum absolute atomic E-state index is 0.00647. The third-order valence-corrected chi connectivity index (χ3v) is 10.1. The number of rotatable bonds is 6. The summed E-state index contributed by atoms with van der Waals surface area (Å²) in [5.74, 6) is 1.18. The van der Waals surface area contributed by atoms with Crippen LogP contribution in [0.2, 0.25) is 0 Å². The molecule has 2 saturated carbocycles. The van der Waals surface area contributed by atoms with Gasteiger partial charge in [0.05, 0.1) is 28.4 Å². The Morgan fingerprint density at radius 2 is 1.95 bits per heavy atom. The first-order chi connectivity index (χ1) is 18.2. The quantitative estimate of drug-likeness (QED) is 0.445.